The van der Waals surface area contributed by atoms with Crippen LogP contribution in [0.15, 0.2) is 24.3 Å². The quantitative estimate of drug-likeness (QED) is 0.904. The largest absolute Gasteiger partial charge is 0.339 e. The summed E-state index contributed by atoms with van der Waals surface area (Å²) in [6, 6.07) is 7.74. The fourth-order valence-electron chi connectivity index (χ4n) is 2.70. The van der Waals surface area contributed by atoms with Crippen LogP contribution in [-0.2, 0) is 4.79 Å². The molecule has 0 aliphatic carbocycles. The zero-order chi connectivity index (χ0) is 14.5. The molecule has 4 heteroatoms. The van der Waals surface area contributed by atoms with Crippen LogP contribution in [0.5, 0.6) is 0 Å². The number of hydrogen-bond donors (Lipinski definition) is 1. The maximum Gasteiger partial charge on any atom is 0.222 e. The molecule has 1 aliphatic rings. The smallest absolute Gasteiger partial charge is 0.222 e. The van der Waals surface area contributed by atoms with Gasteiger partial charge in [0.2, 0.25) is 5.91 Å². The molecule has 1 aromatic carbocycles. The van der Waals surface area contributed by atoms with E-state index in [0.29, 0.717) is 12.3 Å². The van der Waals surface area contributed by atoms with Crippen molar-refractivity contribution in [3.63, 3.8) is 0 Å². The van der Waals surface area contributed by atoms with E-state index < -0.39 is 0 Å². The van der Waals surface area contributed by atoms with Gasteiger partial charge in [-0.05, 0) is 50.4 Å². The zero-order valence-electron chi connectivity index (χ0n) is 12.2. The van der Waals surface area contributed by atoms with Crippen LogP contribution in [0.4, 0.5) is 0 Å². The summed E-state index contributed by atoms with van der Waals surface area (Å²) >= 11 is 6.20. The molecule has 0 aromatic heterocycles. The van der Waals surface area contributed by atoms with Gasteiger partial charge in [-0.3, -0.25) is 4.79 Å². The number of nitrogens with one attached hydrogen (secondary N) is 1. The summed E-state index contributed by atoms with van der Waals surface area (Å²) in [5.41, 5.74) is 1.01. The van der Waals surface area contributed by atoms with Gasteiger partial charge in [0, 0.05) is 18.5 Å². The molecule has 1 saturated heterocycles. The number of hydrogen-bond acceptors (Lipinski definition) is 2. The van der Waals surface area contributed by atoms with Crippen LogP contribution in [-0.4, -0.2) is 30.9 Å². The number of amides is 1. The molecule has 0 radical (unpaired) electrons. The van der Waals surface area contributed by atoms with Crippen molar-refractivity contribution < 1.29 is 4.79 Å². The number of carbonyl (C=O) groups excluding carboxylic acids is 1. The van der Waals surface area contributed by atoms with E-state index in [1.165, 1.54) is 6.42 Å². The van der Waals surface area contributed by atoms with Gasteiger partial charge in [-0.1, -0.05) is 29.8 Å². The van der Waals surface area contributed by atoms with Crippen LogP contribution < -0.4 is 5.32 Å². The minimum Gasteiger partial charge on any atom is -0.339 e. The van der Waals surface area contributed by atoms with Crippen LogP contribution >= 0.6 is 11.6 Å². The normalized spacial score (nSPS) is 19.9. The Labute approximate surface area is 126 Å². The van der Waals surface area contributed by atoms with Gasteiger partial charge in [0.1, 0.15) is 0 Å². The van der Waals surface area contributed by atoms with Crippen molar-refractivity contribution in [2.45, 2.75) is 32.2 Å². The number of rotatable bonds is 5. The minimum atomic E-state index is 0.0119. The van der Waals surface area contributed by atoms with E-state index in [2.05, 4.69) is 5.32 Å². The fourth-order valence-corrected chi connectivity index (χ4v) is 3.00. The van der Waals surface area contributed by atoms with Gasteiger partial charge >= 0.3 is 0 Å². The molecular weight excluding hydrogens is 272 g/mol. The molecule has 0 bridgehead atoms. The lowest BCUT2D eigenvalue weighted by Gasteiger charge is -2.26. The van der Waals surface area contributed by atoms with Gasteiger partial charge in [-0.15, -0.1) is 0 Å². The second kappa shape index (κ2) is 7.09. The van der Waals surface area contributed by atoms with Gasteiger partial charge in [-0.2, -0.15) is 0 Å². The Morgan fingerprint density at radius 1 is 1.50 bits per heavy atom. The highest BCUT2D eigenvalue weighted by molar-refractivity contribution is 6.31. The first kappa shape index (κ1) is 15.3. The third-order valence-electron chi connectivity index (χ3n) is 4.26. The Kier molecular flexibility index (Phi) is 5.44. The Morgan fingerprint density at radius 3 is 2.90 bits per heavy atom. The van der Waals surface area contributed by atoms with Crippen LogP contribution in [0, 0.1) is 5.92 Å². The lowest BCUT2D eigenvalue weighted by molar-refractivity contribution is -0.132. The molecule has 3 nitrogen and oxygen atoms in total. The first-order valence-corrected chi connectivity index (χ1v) is 7.68. The minimum absolute atomic E-state index is 0.0119. The SMILES string of the molecule is CC(c1ccccc1Cl)N(C)C(=O)CCC1CCNC1. The van der Waals surface area contributed by atoms with E-state index in [1.807, 2.05) is 43.1 Å². The highest BCUT2D eigenvalue weighted by Crippen LogP contribution is 2.27. The van der Waals surface area contributed by atoms with Crippen LogP contribution in [0.1, 0.15) is 37.8 Å². The van der Waals surface area contributed by atoms with E-state index in [9.17, 15) is 4.79 Å². The predicted octanol–water partition coefficient (Wildman–Crippen LogP) is 3.25. The molecule has 1 aromatic rings. The standard InChI is InChI=1S/C16H23ClN2O/c1-12(14-5-3-4-6-15(14)17)19(2)16(20)8-7-13-9-10-18-11-13/h3-6,12-13,18H,7-11H2,1-2H3. The van der Waals surface area contributed by atoms with Gasteiger partial charge in [0.05, 0.1) is 6.04 Å². The monoisotopic (exact) mass is 294 g/mol. The summed E-state index contributed by atoms with van der Waals surface area (Å²) in [7, 11) is 1.86. The summed E-state index contributed by atoms with van der Waals surface area (Å²) in [6.07, 6.45) is 2.79. The summed E-state index contributed by atoms with van der Waals surface area (Å²) in [4.78, 5) is 14.1. The molecule has 110 valence electrons. The van der Waals surface area contributed by atoms with Crippen molar-refractivity contribution in [1.29, 1.82) is 0 Å². The van der Waals surface area contributed by atoms with Gasteiger partial charge in [-0.25, -0.2) is 0 Å². The lowest BCUT2D eigenvalue weighted by atomic mass is 10.0. The molecular formula is C16H23ClN2O. The lowest BCUT2D eigenvalue weighted by Crippen LogP contribution is -2.30. The highest BCUT2D eigenvalue weighted by atomic mass is 35.5. The summed E-state index contributed by atoms with van der Waals surface area (Å²) in [5.74, 6) is 0.854. The van der Waals surface area contributed by atoms with Crippen molar-refractivity contribution in [3.8, 4) is 0 Å². The molecule has 0 spiro atoms. The zero-order valence-corrected chi connectivity index (χ0v) is 13.0. The van der Waals surface area contributed by atoms with Gasteiger partial charge in [0.15, 0.2) is 0 Å². The predicted molar refractivity (Wildman–Crippen MR) is 82.8 cm³/mol. The highest BCUT2D eigenvalue weighted by Gasteiger charge is 2.21. The van der Waals surface area contributed by atoms with E-state index in [1.54, 1.807) is 0 Å². The maximum atomic E-state index is 12.3. The van der Waals surface area contributed by atoms with Crippen molar-refractivity contribution in [1.82, 2.24) is 10.2 Å². The Morgan fingerprint density at radius 2 is 2.25 bits per heavy atom. The van der Waals surface area contributed by atoms with E-state index in [0.717, 1.165) is 30.1 Å². The number of benzene rings is 1. The fraction of sp³-hybridized carbons (Fsp3) is 0.562. The molecule has 1 heterocycles. The topological polar surface area (TPSA) is 32.3 Å². The summed E-state index contributed by atoms with van der Waals surface area (Å²) in [6.45, 7) is 4.16. The van der Waals surface area contributed by atoms with Crippen molar-refractivity contribution in [2.24, 2.45) is 5.92 Å². The van der Waals surface area contributed by atoms with Crippen LogP contribution in [0.25, 0.3) is 0 Å². The molecule has 2 atom stereocenters. The Bertz CT molecular complexity index is 458. The summed E-state index contributed by atoms with van der Waals surface area (Å²) < 4.78 is 0. The first-order valence-electron chi connectivity index (χ1n) is 7.30. The van der Waals surface area contributed by atoms with Gasteiger partial charge in [0.25, 0.3) is 0 Å². The molecule has 2 rings (SSSR count). The number of nitrogens with zero attached hydrogens (tertiary/aromatic N) is 1. The van der Waals surface area contributed by atoms with Crippen molar-refractivity contribution in [3.05, 3.63) is 34.9 Å². The van der Waals surface area contributed by atoms with Crippen LogP contribution in [0.2, 0.25) is 5.02 Å². The third kappa shape index (κ3) is 3.74. The number of halogens is 1. The number of carbonyl (C=O) groups is 1. The van der Waals surface area contributed by atoms with E-state index >= 15 is 0 Å². The third-order valence-corrected chi connectivity index (χ3v) is 4.60. The van der Waals surface area contributed by atoms with E-state index in [4.69, 9.17) is 11.6 Å². The molecule has 1 aliphatic heterocycles. The second-order valence-corrected chi connectivity index (χ2v) is 6.01. The molecule has 1 amide bonds. The van der Waals surface area contributed by atoms with Crippen molar-refractivity contribution in [2.75, 3.05) is 20.1 Å². The maximum absolute atomic E-state index is 12.3. The average molecular weight is 295 g/mol. The molecule has 1 fully saturated rings. The van der Waals surface area contributed by atoms with Gasteiger partial charge < -0.3 is 10.2 Å². The Hall–Kier alpha value is -1.06. The summed E-state index contributed by atoms with van der Waals surface area (Å²) in [5, 5.41) is 4.06. The molecule has 20 heavy (non-hydrogen) atoms. The molecule has 1 N–H and O–H groups in total. The molecule has 0 saturated carbocycles. The van der Waals surface area contributed by atoms with E-state index in [-0.39, 0.29) is 11.9 Å². The first-order chi connectivity index (χ1) is 9.59. The van der Waals surface area contributed by atoms with Crippen LogP contribution in [0.3, 0.4) is 0 Å². The second-order valence-electron chi connectivity index (χ2n) is 5.60. The molecule has 2 unspecified atom stereocenters. The average Bonchev–Trinajstić information content (AvgIpc) is 2.97. The van der Waals surface area contributed by atoms with Crippen molar-refractivity contribution >= 4 is 17.5 Å². The Balaban J connectivity index is 1.90.